The van der Waals surface area contributed by atoms with E-state index in [1.54, 1.807) is 19.1 Å². The lowest BCUT2D eigenvalue weighted by Gasteiger charge is -2.07. The molecular weight excluding hydrogens is 258 g/mol. The number of benzene rings is 1. The lowest BCUT2D eigenvalue weighted by Crippen LogP contribution is -2.13. The van der Waals surface area contributed by atoms with Crippen molar-refractivity contribution in [2.45, 2.75) is 13.8 Å². The van der Waals surface area contributed by atoms with E-state index in [4.69, 9.17) is 14.7 Å². The third-order valence-electron chi connectivity index (χ3n) is 2.54. The van der Waals surface area contributed by atoms with Crippen LogP contribution in [0.3, 0.4) is 0 Å². The standard InChI is InChI=1S/C15H15NO4/c1-4-20-15(18)13(10(2)17)8-12-6-5-11(9-16)7-14(12)19-3/h5-8H,4H2,1-3H3/b13-8-. The predicted octanol–water partition coefficient (Wildman–Crippen LogP) is 2.10. The number of Topliss-reactive ketones (excluding diaryl/α,β-unsaturated/α-hetero) is 1. The zero-order chi connectivity index (χ0) is 15.1. The maximum Gasteiger partial charge on any atom is 0.341 e. The monoisotopic (exact) mass is 273 g/mol. The number of rotatable bonds is 5. The summed E-state index contributed by atoms with van der Waals surface area (Å²) in [6, 6.07) is 6.72. The van der Waals surface area contributed by atoms with Crippen molar-refractivity contribution in [3.05, 3.63) is 34.9 Å². The van der Waals surface area contributed by atoms with Crippen LogP contribution in [0, 0.1) is 11.3 Å². The molecule has 0 bridgehead atoms. The van der Waals surface area contributed by atoms with Gasteiger partial charge in [0.05, 0.1) is 25.3 Å². The molecule has 0 aliphatic heterocycles. The van der Waals surface area contributed by atoms with Crippen molar-refractivity contribution >= 4 is 17.8 Å². The fourth-order valence-electron chi connectivity index (χ4n) is 1.57. The first-order chi connectivity index (χ1) is 9.53. The minimum atomic E-state index is -0.675. The van der Waals surface area contributed by atoms with E-state index in [1.807, 2.05) is 6.07 Å². The molecule has 20 heavy (non-hydrogen) atoms. The maximum absolute atomic E-state index is 11.7. The van der Waals surface area contributed by atoms with Crippen LogP contribution in [-0.2, 0) is 14.3 Å². The molecule has 0 aliphatic rings. The van der Waals surface area contributed by atoms with Crippen LogP contribution in [0.5, 0.6) is 5.75 Å². The molecule has 0 amide bonds. The van der Waals surface area contributed by atoms with Crippen LogP contribution in [0.4, 0.5) is 0 Å². The summed E-state index contributed by atoms with van der Waals surface area (Å²) < 4.78 is 9.98. The van der Waals surface area contributed by atoms with Gasteiger partial charge in [0.2, 0.25) is 0 Å². The normalized spacial score (nSPS) is 10.6. The van der Waals surface area contributed by atoms with Crippen molar-refractivity contribution < 1.29 is 19.1 Å². The highest BCUT2D eigenvalue weighted by molar-refractivity contribution is 6.19. The fourth-order valence-corrected chi connectivity index (χ4v) is 1.57. The number of hydrogen-bond acceptors (Lipinski definition) is 5. The second-order valence-electron chi connectivity index (χ2n) is 3.90. The Bertz CT molecular complexity index is 596. The number of carbonyl (C=O) groups is 2. The van der Waals surface area contributed by atoms with Gasteiger partial charge in [-0.15, -0.1) is 0 Å². The fraction of sp³-hybridized carbons (Fsp3) is 0.267. The van der Waals surface area contributed by atoms with E-state index in [-0.39, 0.29) is 12.2 Å². The first-order valence-electron chi connectivity index (χ1n) is 6.01. The molecule has 1 aromatic rings. The lowest BCUT2D eigenvalue weighted by atomic mass is 10.1. The number of nitriles is 1. The Hall–Kier alpha value is -2.61. The van der Waals surface area contributed by atoms with Gasteiger partial charge in [0.1, 0.15) is 11.3 Å². The van der Waals surface area contributed by atoms with Crippen molar-refractivity contribution in [1.82, 2.24) is 0 Å². The summed E-state index contributed by atoms with van der Waals surface area (Å²) in [7, 11) is 1.45. The molecule has 0 atom stereocenters. The Morgan fingerprint density at radius 3 is 2.60 bits per heavy atom. The number of ketones is 1. The van der Waals surface area contributed by atoms with Gasteiger partial charge in [-0.3, -0.25) is 4.79 Å². The molecule has 0 N–H and O–H groups in total. The van der Waals surface area contributed by atoms with Crippen LogP contribution in [0.2, 0.25) is 0 Å². The van der Waals surface area contributed by atoms with E-state index in [1.165, 1.54) is 26.2 Å². The molecule has 5 heteroatoms. The number of nitrogens with zero attached hydrogens (tertiary/aromatic N) is 1. The van der Waals surface area contributed by atoms with E-state index in [9.17, 15) is 9.59 Å². The number of esters is 1. The van der Waals surface area contributed by atoms with Gasteiger partial charge in [-0.25, -0.2) is 4.79 Å². The van der Waals surface area contributed by atoms with Crippen molar-refractivity contribution in [2.75, 3.05) is 13.7 Å². The topological polar surface area (TPSA) is 76.4 Å². The second kappa shape index (κ2) is 7.10. The highest BCUT2D eigenvalue weighted by Gasteiger charge is 2.16. The minimum absolute atomic E-state index is 0.0603. The average molecular weight is 273 g/mol. The Balaban J connectivity index is 3.27. The quantitative estimate of drug-likeness (QED) is 0.355. The average Bonchev–Trinajstić information content (AvgIpc) is 2.44. The van der Waals surface area contributed by atoms with Crippen LogP contribution in [0.15, 0.2) is 23.8 Å². The summed E-state index contributed by atoms with van der Waals surface area (Å²) in [6.07, 6.45) is 1.40. The van der Waals surface area contributed by atoms with Gasteiger partial charge < -0.3 is 9.47 Å². The highest BCUT2D eigenvalue weighted by atomic mass is 16.5. The molecule has 0 aromatic heterocycles. The molecule has 0 spiro atoms. The number of methoxy groups -OCH3 is 1. The van der Waals surface area contributed by atoms with Crippen molar-refractivity contribution in [3.63, 3.8) is 0 Å². The number of hydrogen-bond donors (Lipinski definition) is 0. The summed E-state index contributed by atoms with van der Waals surface area (Å²) in [6.45, 7) is 3.14. The van der Waals surface area contributed by atoms with Crippen molar-refractivity contribution in [2.24, 2.45) is 0 Å². The smallest absolute Gasteiger partial charge is 0.341 e. The van der Waals surface area contributed by atoms with Gasteiger partial charge >= 0.3 is 5.97 Å². The Kier molecular flexibility index (Phi) is 5.48. The summed E-state index contributed by atoms with van der Waals surface area (Å²) >= 11 is 0. The third kappa shape index (κ3) is 3.69. The molecule has 0 aliphatic carbocycles. The van der Waals surface area contributed by atoms with Crippen molar-refractivity contribution in [1.29, 1.82) is 5.26 Å². The molecule has 0 radical (unpaired) electrons. The molecule has 0 heterocycles. The first-order valence-corrected chi connectivity index (χ1v) is 6.01. The number of ether oxygens (including phenoxy) is 2. The van der Waals surface area contributed by atoms with E-state index >= 15 is 0 Å². The van der Waals surface area contributed by atoms with Crippen LogP contribution in [0.25, 0.3) is 6.08 Å². The maximum atomic E-state index is 11.7. The van der Waals surface area contributed by atoms with E-state index in [2.05, 4.69) is 0 Å². The van der Waals surface area contributed by atoms with E-state index < -0.39 is 11.8 Å². The van der Waals surface area contributed by atoms with E-state index in [0.717, 1.165) is 0 Å². The van der Waals surface area contributed by atoms with Crippen LogP contribution >= 0.6 is 0 Å². The molecule has 1 aromatic carbocycles. The molecule has 0 saturated carbocycles. The van der Waals surface area contributed by atoms with Gasteiger partial charge in [-0.2, -0.15) is 5.26 Å². The van der Waals surface area contributed by atoms with Gasteiger partial charge in [0, 0.05) is 5.56 Å². The Morgan fingerprint density at radius 2 is 2.10 bits per heavy atom. The lowest BCUT2D eigenvalue weighted by molar-refractivity contribution is -0.139. The van der Waals surface area contributed by atoms with Crippen LogP contribution in [-0.4, -0.2) is 25.5 Å². The second-order valence-corrected chi connectivity index (χ2v) is 3.90. The van der Waals surface area contributed by atoms with Gasteiger partial charge in [0.25, 0.3) is 0 Å². The van der Waals surface area contributed by atoms with Gasteiger partial charge in [-0.1, -0.05) is 0 Å². The highest BCUT2D eigenvalue weighted by Crippen LogP contribution is 2.23. The molecular formula is C15H15NO4. The molecule has 0 unspecified atom stereocenters. The predicted molar refractivity (Wildman–Crippen MR) is 73.0 cm³/mol. The minimum Gasteiger partial charge on any atom is -0.496 e. The SMILES string of the molecule is CCOC(=O)/C(=C\c1ccc(C#N)cc1OC)C(C)=O. The number of carbonyl (C=O) groups excluding carboxylic acids is 2. The third-order valence-corrected chi connectivity index (χ3v) is 2.54. The van der Waals surface area contributed by atoms with Crippen molar-refractivity contribution in [3.8, 4) is 11.8 Å². The first kappa shape index (κ1) is 15.4. The molecule has 1 rings (SSSR count). The summed E-state index contributed by atoms with van der Waals surface area (Å²) in [5.74, 6) is -0.659. The van der Waals surface area contributed by atoms with Crippen LogP contribution < -0.4 is 4.74 Å². The molecule has 0 fully saturated rings. The van der Waals surface area contributed by atoms with Crippen LogP contribution in [0.1, 0.15) is 25.0 Å². The molecule has 0 saturated heterocycles. The Labute approximate surface area is 117 Å². The van der Waals surface area contributed by atoms with E-state index in [0.29, 0.717) is 16.9 Å². The summed E-state index contributed by atoms with van der Waals surface area (Å²) in [5.41, 5.74) is 0.902. The Morgan fingerprint density at radius 1 is 1.40 bits per heavy atom. The zero-order valence-corrected chi connectivity index (χ0v) is 11.6. The van der Waals surface area contributed by atoms with Gasteiger partial charge in [0.15, 0.2) is 5.78 Å². The molecule has 5 nitrogen and oxygen atoms in total. The largest absolute Gasteiger partial charge is 0.496 e. The molecule has 104 valence electrons. The summed E-state index contributed by atoms with van der Waals surface area (Å²) in [4.78, 5) is 23.2. The van der Waals surface area contributed by atoms with Gasteiger partial charge in [-0.05, 0) is 38.1 Å². The summed E-state index contributed by atoms with van der Waals surface area (Å²) in [5, 5.41) is 8.83. The zero-order valence-electron chi connectivity index (χ0n) is 11.6.